The summed E-state index contributed by atoms with van der Waals surface area (Å²) in [4.78, 5) is 22.3. The average Bonchev–Trinajstić information content (AvgIpc) is 2.96. The van der Waals surface area contributed by atoms with Gasteiger partial charge in [0.15, 0.2) is 5.43 Å². The Labute approximate surface area is 114 Å². The van der Waals surface area contributed by atoms with Crippen LogP contribution in [0.25, 0.3) is 11.1 Å². The van der Waals surface area contributed by atoms with Crippen LogP contribution in [0.2, 0.25) is 0 Å². The molecule has 0 aromatic heterocycles. The van der Waals surface area contributed by atoms with Crippen molar-refractivity contribution < 1.29 is 9.53 Å². The molecule has 0 fully saturated rings. The predicted molar refractivity (Wildman–Crippen MR) is 73.2 cm³/mol. The van der Waals surface area contributed by atoms with E-state index < -0.39 is 0 Å². The van der Waals surface area contributed by atoms with Gasteiger partial charge in [-0.3, -0.25) is 9.59 Å². The lowest BCUT2D eigenvalue weighted by Gasteiger charge is -1.99. The molecule has 0 saturated heterocycles. The standard InChI is InChI=1S/C14H13BrO3/c1-9(16)18-8-4-6-11-13(14(11)17)10-5-2-3-7-12(10)15/h2-3,5,7H,4,6,8H2,1H3. The van der Waals surface area contributed by atoms with Crippen molar-refractivity contribution >= 4 is 21.9 Å². The van der Waals surface area contributed by atoms with E-state index in [4.69, 9.17) is 4.74 Å². The van der Waals surface area contributed by atoms with E-state index in [0.717, 1.165) is 21.2 Å². The van der Waals surface area contributed by atoms with E-state index in [9.17, 15) is 9.59 Å². The zero-order valence-electron chi connectivity index (χ0n) is 10.0. The molecule has 0 bridgehead atoms. The molecule has 0 amide bonds. The molecule has 0 unspecified atom stereocenters. The van der Waals surface area contributed by atoms with Gasteiger partial charge in [0.1, 0.15) is 0 Å². The maximum Gasteiger partial charge on any atom is 0.302 e. The largest absolute Gasteiger partial charge is 0.466 e. The second-order valence-electron chi connectivity index (χ2n) is 4.11. The summed E-state index contributed by atoms with van der Waals surface area (Å²) in [5, 5.41) is 0. The number of hydrogen-bond acceptors (Lipinski definition) is 3. The van der Waals surface area contributed by atoms with Crippen molar-refractivity contribution in [3.8, 4) is 11.1 Å². The van der Waals surface area contributed by atoms with E-state index in [2.05, 4.69) is 15.9 Å². The molecule has 0 spiro atoms. The van der Waals surface area contributed by atoms with Crippen LogP contribution in [-0.2, 0) is 16.0 Å². The summed E-state index contributed by atoms with van der Waals surface area (Å²) in [5.74, 6) is -0.280. The predicted octanol–water partition coefficient (Wildman–Crippen LogP) is 2.85. The fraction of sp³-hybridized carbons (Fsp3) is 0.286. The minimum Gasteiger partial charge on any atom is -0.466 e. The fourth-order valence-electron chi connectivity index (χ4n) is 1.86. The van der Waals surface area contributed by atoms with Crippen molar-refractivity contribution in [3.05, 3.63) is 44.5 Å². The van der Waals surface area contributed by atoms with Gasteiger partial charge in [0.25, 0.3) is 0 Å². The zero-order valence-corrected chi connectivity index (χ0v) is 11.6. The van der Waals surface area contributed by atoms with Crippen molar-refractivity contribution in [1.29, 1.82) is 0 Å². The van der Waals surface area contributed by atoms with Gasteiger partial charge in [-0.25, -0.2) is 0 Å². The molecule has 94 valence electrons. The Morgan fingerprint density at radius 1 is 1.33 bits per heavy atom. The van der Waals surface area contributed by atoms with Gasteiger partial charge >= 0.3 is 5.97 Å². The molecule has 18 heavy (non-hydrogen) atoms. The van der Waals surface area contributed by atoms with E-state index in [0.29, 0.717) is 19.4 Å². The molecule has 0 atom stereocenters. The summed E-state index contributed by atoms with van der Waals surface area (Å²) in [5.41, 5.74) is 2.74. The molecule has 0 N–H and O–H groups in total. The first kappa shape index (κ1) is 13.0. The van der Waals surface area contributed by atoms with E-state index in [-0.39, 0.29) is 11.4 Å². The highest BCUT2D eigenvalue weighted by atomic mass is 79.9. The van der Waals surface area contributed by atoms with Gasteiger partial charge in [0.05, 0.1) is 6.61 Å². The van der Waals surface area contributed by atoms with Crippen LogP contribution in [0.4, 0.5) is 0 Å². The molecule has 3 nitrogen and oxygen atoms in total. The smallest absolute Gasteiger partial charge is 0.302 e. The second kappa shape index (κ2) is 5.48. The van der Waals surface area contributed by atoms with Gasteiger partial charge in [-0.1, -0.05) is 34.1 Å². The summed E-state index contributed by atoms with van der Waals surface area (Å²) >= 11 is 3.44. The van der Waals surface area contributed by atoms with E-state index in [1.807, 2.05) is 24.3 Å². The van der Waals surface area contributed by atoms with Gasteiger partial charge in [0.2, 0.25) is 0 Å². The van der Waals surface area contributed by atoms with Crippen molar-refractivity contribution in [2.45, 2.75) is 19.8 Å². The van der Waals surface area contributed by atoms with Crippen LogP contribution in [0.5, 0.6) is 0 Å². The summed E-state index contributed by atoms with van der Waals surface area (Å²) in [6.07, 6.45) is 1.36. The first-order valence-corrected chi connectivity index (χ1v) is 6.56. The van der Waals surface area contributed by atoms with Gasteiger partial charge in [-0.05, 0) is 18.9 Å². The Morgan fingerprint density at radius 3 is 2.72 bits per heavy atom. The van der Waals surface area contributed by atoms with Crippen molar-refractivity contribution in [3.63, 3.8) is 0 Å². The van der Waals surface area contributed by atoms with E-state index in [1.165, 1.54) is 6.92 Å². The Bertz CT molecular complexity index is 579. The quantitative estimate of drug-likeness (QED) is 0.630. The first-order chi connectivity index (χ1) is 8.61. The number of rotatable bonds is 5. The molecule has 0 radical (unpaired) electrons. The maximum absolute atomic E-state index is 11.7. The highest BCUT2D eigenvalue weighted by molar-refractivity contribution is 9.10. The Kier molecular flexibility index (Phi) is 3.97. The number of carbonyl (C=O) groups excluding carboxylic acids is 1. The number of esters is 1. The summed E-state index contributed by atoms with van der Waals surface area (Å²) in [6, 6.07) is 7.68. The van der Waals surface area contributed by atoms with Crippen molar-refractivity contribution in [1.82, 2.24) is 0 Å². The third-order valence-electron chi connectivity index (χ3n) is 2.76. The summed E-state index contributed by atoms with van der Waals surface area (Å²) in [6.45, 7) is 1.75. The molecule has 0 aliphatic carbocycles. The minimum absolute atomic E-state index is 0.129. The average molecular weight is 309 g/mol. The molecule has 4 heteroatoms. The molecule has 0 aliphatic heterocycles. The monoisotopic (exact) mass is 308 g/mol. The Hall–Kier alpha value is -1.42. The van der Waals surface area contributed by atoms with Crippen molar-refractivity contribution in [2.75, 3.05) is 6.61 Å². The highest BCUT2D eigenvalue weighted by Crippen LogP contribution is 2.32. The van der Waals surface area contributed by atoms with Crippen LogP contribution >= 0.6 is 15.9 Å². The van der Waals surface area contributed by atoms with E-state index in [1.54, 1.807) is 0 Å². The van der Waals surface area contributed by atoms with Gasteiger partial charge < -0.3 is 4.74 Å². The minimum atomic E-state index is -0.280. The highest BCUT2D eigenvalue weighted by Gasteiger charge is 2.24. The number of carbonyl (C=O) groups is 1. The summed E-state index contributed by atoms with van der Waals surface area (Å²) in [7, 11) is 0. The maximum atomic E-state index is 11.7. The third-order valence-corrected chi connectivity index (χ3v) is 3.45. The third kappa shape index (κ3) is 2.88. The van der Waals surface area contributed by atoms with Crippen molar-refractivity contribution in [2.24, 2.45) is 0 Å². The molecular formula is C14H13BrO3. The van der Waals surface area contributed by atoms with Crippen LogP contribution in [0, 0.1) is 0 Å². The van der Waals surface area contributed by atoms with Crippen LogP contribution in [-0.4, -0.2) is 12.6 Å². The van der Waals surface area contributed by atoms with Gasteiger partial charge in [0, 0.05) is 28.1 Å². The summed E-state index contributed by atoms with van der Waals surface area (Å²) < 4.78 is 5.77. The molecule has 2 aromatic carbocycles. The number of halogens is 1. The number of ether oxygens (including phenoxy) is 1. The lowest BCUT2D eigenvalue weighted by Crippen LogP contribution is -2.01. The van der Waals surface area contributed by atoms with Crippen LogP contribution < -0.4 is 5.43 Å². The Balaban J connectivity index is 1.96. The van der Waals surface area contributed by atoms with Crippen LogP contribution in [0.15, 0.2) is 33.5 Å². The van der Waals surface area contributed by atoms with Gasteiger partial charge in [-0.2, -0.15) is 0 Å². The SMILES string of the molecule is CC(=O)OCCCc1c(-c2ccccc2Br)c1=O. The molecule has 0 aliphatic rings. The topological polar surface area (TPSA) is 43.4 Å². The number of benzene rings is 1. The fourth-order valence-corrected chi connectivity index (χ4v) is 2.34. The number of hydrogen-bond donors (Lipinski definition) is 0. The van der Waals surface area contributed by atoms with Crippen LogP contribution in [0.3, 0.4) is 0 Å². The lowest BCUT2D eigenvalue weighted by molar-refractivity contribution is -0.141. The normalized spacial score (nSPS) is 10.8. The van der Waals surface area contributed by atoms with E-state index >= 15 is 0 Å². The molecule has 2 aromatic rings. The zero-order chi connectivity index (χ0) is 13.1. The lowest BCUT2D eigenvalue weighted by atomic mass is 10.1. The molecular weight excluding hydrogens is 296 g/mol. The second-order valence-corrected chi connectivity index (χ2v) is 4.96. The molecule has 0 heterocycles. The molecule has 0 saturated carbocycles. The molecule has 2 rings (SSSR count). The Morgan fingerprint density at radius 2 is 2.06 bits per heavy atom. The first-order valence-electron chi connectivity index (χ1n) is 5.77. The van der Waals surface area contributed by atoms with Crippen LogP contribution in [0.1, 0.15) is 18.9 Å². The van der Waals surface area contributed by atoms with Gasteiger partial charge in [-0.15, -0.1) is 0 Å².